The molecule has 7 heteroatoms. The fourth-order valence-corrected chi connectivity index (χ4v) is 3.63. The molecule has 24 heavy (non-hydrogen) atoms. The van der Waals surface area contributed by atoms with Crippen molar-refractivity contribution < 1.29 is 33.7 Å². The molecule has 0 saturated carbocycles. The fraction of sp³-hybridized carbons (Fsp3) is 0.353. The summed E-state index contributed by atoms with van der Waals surface area (Å²) in [5, 5.41) is 9.91. The highest BCUT2D eigenvalue weighted by atomic mass is 16.6. The van der Waals surface area contributed by atoms with E-state index in [1.165, 1.54) is 19.2 Å². The van der Waals surface area contributed by atoms with Gasteiger partial charge in [0.1, 0.15) is 6.10 Å². The van der Waals surface area contributed by atoms with Crippen LogP contribution in [0.3, 0.4) is 0 Å². The standard InChI is InChI=1S/C17H14O7/c1-6-11-13(17-9(23-6)5-10(19)24-17)14(20)7-3-4-8(18)16(22-2)12(7)15(11)21/h3-4,6,9,17-18H,5H2,1-2H3/t6-,9-,17+/m1/s1. The van der Waals surface area contributed by atoms with Gasteiger partial charge in [-0.3, -0.25) is 14.4 Å². The summed E-state index contributed by atoms with van der Waals surface area (Å²) in [6.45, 7) is 1.65. The van der Waals surface area contributed by atoms with Gasteiger partial charge in [-0.2, -0.15) is 0 Å². The molecule has 1 N–H and O–H groups in total. The van der Waals surface area contributed by atoms with E-state index >= 15 is 0 Å². The predicted octanol–water partition coefficient (Wildman–Crippen LogP) is 1.18. The number of carbonyl (C=O) groups is 3. The number of methoxy groups -OCH3 is 1. The number of hydrogen-bond donors (Lipinski definition) is 1. The monoisotopic (exact) mass is 330 g/mol. The summed E-state index contributed by atoms with van der Waals surface area (Å²) in [5.74, 6) is -1.59. The van der Waals surface area contributed by atoms with Crippen molar-refractivity contribution in [2.75, 3.05) is 7.11 Å². The Morgan fingerprint density at radius 3 is 2.62 bits per heavy atom. The SMILES string of the molecule is COc1c(O)ccc2c1C(=O)C1=C(C2=O)[C@H]2OC(=O)C[C@H]2O[C@@H]1C. The lowest BCUT2D eigenvalue weighted by molar-refractivity contribution is -0.140. The largest absolute Gasteiger partial charge is 0.504 e. The Labute approximate surface area is 136 Å². The molecule has 1 saturated heterocycles. The van der Waals surface area contributed by atoms with Crippen molar-refractivity contribution in [3.05, 3.63) is 34.4 Å². The molecule has 3 atom stereocenters. The first-order valence-electron chi connectivity index (χ1n) is 7.52. The van der Waals surface area contributed by atoms with Crippen molar-refractivity contribution in [1.29, 1.82) is 0 Å². The summed E-state index contributed by atoms with van der Waals surface area (Å²) < 4.78 is 16.0. The summed E-state index contributed by atoms with van der Waals surface area (Å²) in [6.07, 6.45) is -2.04. The van der Waals surface area contributed by atoms with Crippen molar-refractivity contribution in [3.63, 3.8) is 0 Å². The summed E-state index contributed by atoms with van der Waals surface area (Å²) in [4.78, 5) is 37.6. The third kappa shape index (κ3) is 1.78. The molecule has 1 fully saturated rings. The Hall–Kier alpha value is -2.67. The Morgan fingerprint density at radius 1 is 1.17 bits per heavy atom. The summed E-state index contributed by atoms with van der Waals surface area (Å²) in [6, 6.07) is 2.68. The van der Waals surface area contributed by atoms with E-state index in [9.17, 15) is 19.5 Å². The molecule has 3 aliphatic rings. The first kappa shape index (κ1) is 14.9. The number of phenolic OH excluding ortho intramolecular Hbond substituents is 1. The molecule has 1 aliphatic carbocycles. The zero-order chi connectivity index (χ0) is 17.2. The van der Waals surface area contributed by atoms with Crippen LogP contribution in [-0.2, 0) is 14.3 Å². The molecule has 0 bridgehead atoms. The van der Waals surface area contributed by atoms with E-state index in [0.29, 0.717) is 0 Å². The van der Waals surface area contributed by atoms with Crippen LogP contribution in [-0.4, -0.2) is 48.1 Å². The van der Waals surface area contributed by atoms with Gasteiger partial charge < -0.3 is 19.3 Å². The van der Waals surface area contributed by atoms with Gasteiger partial charge in [-0.15, -0.1) is 0 Å². The number of rotatable bonds is 1. The second kappa shape index (κ2) is 4.91. The zero-order valence-electron chi connectivity index (χ0n) is 13.0. The van der Waals surface area contributed by atoms with E-state index in [-0.39, 0.29) is 40.2 Å². The quantitative estimate of drug-likeness (QED) is 0.772. The van der Waals surface area contributed by atoms with E-state index in [1.807, 2.05) is 0 Å². The number of hydrogen-bond acceptors (Lipinski definition) is 7. The summed E-state index contributed by atoms with van der Waals surface area (Å²) >= 11 is 0. The highest BCUT2D eigenvalue weighted by Gasteiger charge is 2.51. The number of aromatic hydroxyl groups is 1. The van der Waals surface area contributed by atoms with Gasteiger partial charge in [-0.1, -0.05) is 0 Å². The highest BCUT2D eigenvalue weighted by molar-refractivity contribution is 6.29. The highest BCUT2D eigenvalue weighted by Crippen LogP contribution is 2.44. The molecular formula is C17H14O7. The molecule has 4 rings (SSSR count). The average molecular weight is 330 g/mol. The molecular weight excluding hydrogens is 316 g/mol. The maximum atomic E-state index is 13.0. The second-order valence-corrected chi connectivity index (χ2v) is 5.96. The van der Waals surface area contributed by atoms with Crippen molar-refractivity contribution >= 4 is 17.5 Å². The lowest BCUT2D eigenvalue weighted by Gasteiger charge is -2.35. The lowest BCUT2D eigenvalue weighted by Crippen LogP contribution is -2.44. The van der Waals surface area contributed by atoms with Crippen LogP contribution >= 0.6 is 0 Å². The van der Waals surface area contributed by atoms with Gasteiger partial charge in [0, 0.05) is 11.1 Å². The van der Waals surface area contributed by atoms with Crippen LogP contribution in [0.2, 0.25) is 0 Å². The molecule has 1 aromatic carbocycles. The molecule has 2 aliphatic heterocycles. The first-order chi connectivity index (χ1) is 11.4. The van der Waals surface area contributed by atoms with Gasteiger partial charge in [0.25, 0.3) is 0 Å². The molecule has 124 valence electrons. The van der Waals surface area contributed by atoms with Crippen LogP contribution in [0.1, 0.15) is 34.1 Å². The number of fused-ring (bicyclic) bond motifs is 3. The van der Waals surface area contributed by atoms with Crippen LogP contribution in [0.5, 0.6) is 11.5 Å². The van der Waals surface area contributed by atoms with Crippen molar-refractivity contribution in [2.45, 2.75) is 31.7 Å². The second-order valence-electron chi connectivity index (χ2n) is 5.96. The molecule has 1 aromatic rings. The Bertz CT molecular complexity index is 836. The molecule has 0 spiro atoms. The number of carbonyl (C=O) groups excluding carboxylic acids is 3. The van der Waals surface area contributed by atoms with E-state index in [0.717, 1.165) is 0 Å². The zero-order valence-corrected chi connectivity index (χ0v) is 13.0. The van der Waals surface area contributed by atoms with E-state index in [2.05, 4.69) is 0 Å². The van der Waals surface area contributed by atoms with Gasteiger partial charge in [0.05, 0.1) is 30.8 Å². The maximum absolute atomic E-state index is 13.0. The number of benzene rings is 1. The van der Waals surface area contributed by atoms with Crippen molar-refractivity contribution in [1.82, 2.24) is 0 Å². The van der Waals surface area contributed by atoms with E-state index < -0.39 is 35.8 Å². The molecule has 0 amide bonds. The van der Waals surface area contributed by atoms with Crippen LogP contribution in [0.25, 0.3) is 0 Å². The average Bonchev–Trinajstić information content (AvgIpc) is 2.90. The van der Waals surface area contributed by atoms with Gasteiger partial charge in [0.15, 0.2) is 29.2 Å². The molecule has 7 nitrogen and oxygen atoms in total. The number of ether oxygens (including phenoxy) is 3. The van der Waals surface area contributed by atoms with Crippen LogP contribution in [0.4, 0.5) is 0 Å². The topological polar surface area (TPSA) is 99.1 Å². The van der Waals surface area contributed by atoms with Gasteiger partial charge in [-0.25, -0.2) is 0 Å². The Morgan fingerprint density at radius 2 is 1.92 bits per heavy atom. The normalized spacial score (nSPS) is 28.2. The van der Waals surface area contributed by atoms with Crippen LogP contribution in [0, 0.1) is 0 Å². The minimum atomic E-state index is -0.868. The first-order valence-corrected chi connectivity index (χ1v) is 7.52. The maximum Gasteiger partial charge on any atom is 0.309 e. The minimum Gasteiger partial charge on any atom is -0.504 e. The molecule has 0 aromatic heterocycles. The number of phenols is 1. The molecule has 2 heterocycles. The van der Waals surface area contributed by atoms with E-state index in [1.54, 1.807) is 6.92 Å². The van der Waals surface area contributed by atoms with Crippen LogP contribution < -0.4 is 4.74 Å². The number of Topliss-reactive ketones (excluding diaryl/α,β-unsaturated/α-hetero) is 2. The van der Waals surface area contributed by atoms with Gasteiger partial charge >= 0.3 is 5.97 Å². The van der Waals surface area contributed by atoms with Gasteiger partial charge in [0.2, 0.25) is 0 Å². The lowest BCUT2D eigenvalue weighted by atomic mass is 9.77. The summed E-state index contributed by atoms with van der Waals surface area (Å²) in [5.41, 5.74) is 0.478. The number of esters is 1. The van der Waals surface area contributed by atoms with Gasteiger partial charge in [-0.05, 0) is 19.1 Å². The number of ketones is 2. The van der Waals surface area contributed by atoms with Crippen molar-refractivity contribution in [3.8, 4) is 11.5 Å². The van der Waals surface area contributed by atoms with Crippen LogP contribution in [0.15, 0.2) is 23.3 Å². The minimum absolute atomic E-state index is 0.0134. The van der Waals surface area contributed by atoms with E-state index in [4.69, 9.17) is 14.2 Å². The smallest absolute Gasteiger partial charge is 0.309 e. The Balaban J connectivity index is 1.95. The molecule has 0 radical (unpaired) electrons. The third-order valence-corrected chi connectivity index (χ3v) is 4.63. The van der Waals surface area contributed by atoms with Crippen molar-refractivity contribution in [2.24, 2.45) is 0 Å². The predicted molar refractivity (Wildman–Crippen MR) is 79.2 cm³/mol. The fourth-order valence-electron chi connectivity index (χ4n) is 3.63. The molecule has 0 unspecified atom stereocenters. The Kier molecular flexibility index (Phi) is 3.05. The third-order valence-electron chi connectivity index (χ3n) is 4.63. The summed E-state index contributed by atoms with van der Waals surface area (Å²) in [7, 11) is 1.31.